The molecular weight excluding hydrogens is 327 g/mol. The van der Waals surface area contributed by atoms with Crippen molar-refractivity contribution in [2.75, 3.05) is 18.4 Å². The Hall–Kier alpha value is -2.79. The molecule has 0 spiro atoms. The van der Waals surface area contributed by atoms with Crippen LogP contribution in [0.15, 0.2) is 61.8 Å². The summed E-state index contributed by atoms with van der Waals surface area (Å²) in [5.41, 5.74) is 2.85. The maximum absolute atomic E-state index is 14.4. The van der Waals surface area contributed by atoms with E-state index in [9.17, 15) is 4.39 Å². The van der Waals surface area contributed by atoms with Gasteiger partial charge in [0.2, 0.25) is 5.95 Å². The lowest BCUT2D eigenvalue weighted by Crippen LogP contribution is -2.35. The zero-order chi connectivity index (χ0) is 18.4. The Balaban J connectivity index is 1.90. The molecule has 5 heteroatoms. The van der Waals surface area contributed by atoms with Crippen LogP contribution < -0.4 is 10.6 Å². The minimum Gasteiger partial charge on any atom is -0.351 e. The van der Waals surface area contributed by atoms with Gasteiger partial charge in [-0.15, -0.1) is 0 Å². The smallest absolute Gasteiger partial charge is 0.223 e. The Labute approximate surface area is 153 Å². The molecule has 0 amide bonds. The fraction of sp³-hybridized carbons (Fsp3) is 0.238. The van der Waals surface area contributed by atoms with E-state index in [0.29, 0.717) is 23.2 Å². The topological polar surface area (TPSA) is 49.8 Å². The Morgan fingerprint density at radius 3 is 2.81 bits per heavy atom. The molecule has 0 saturated carbocycles. The molecule has 2 N–H and O–H groups in total. The van der Waals surface area contributed by atoms with E-state index in [1.165, 1.54) is 6.20 Å². The average Bonchev–Trinajstić information content (AvgIpc) is 2.68. The van der Waals surface area contributed by atoms with Gasteiger partial charge < -0.3 is 10.6 Å². The summed E-state index contributed by atoms with van der Waals surface area (Å²) in [5.74, 6) is 0.0233. The summed E-state index contributed by atoms with van der Waals surface area (Å²) >= 11 is 0. The molecule has 4 nitrogen and oxygen atoms in total. The van der Waals surface area contributed by atoms with Crippen molar-refractivity contribution in [1.82, 2.24) is 15.3 Å². The molecule has 1 aliphatic rings. The van der Waals surface area contributed by atoms with Gasteiger partial charge in [-0.2, -0.15) is 0 Å². The summed E-state index contributed by atoms with van der Waals surface area (Å²) in [4.78, 5) is 8.53. The molecule has 1 aromatic heterocycles. The van der Waals surface area contributed by atoms with Crippen LogP contribution in [0.5, 0.6) is 0 Å². The predicted molar refractivity (Wildman–Crippen MR) is 105 cm³/mol. The number of hydrogen-bond acceptors (Lipinski definition) is 4. The third-order valence-electron chi connectivity index (χ3n) is 4.40. The largest absolute Gasteiger partial charge is 0.351 e. The van der Waals surface area contributed by atoms with Gasteiger partial charge >= 0.3 is 0 Å². The quantitative estimate of drug-likeness (QED) is 0.767. The van der Waals surface area contributed by atoms with Gasteiger partial charge in [0.1, 0.15) is 5.69 Å². The van der Waals surface area contributed by atoms with Crippen molar-refractivity contribution in [2.24, 2.45) is 0 Å². The van der Waals surface area contributed by atoms with Crippen LogP contribution >= 0.6 is 0 Å². The first-order valence-electron chi connectivity index (χ1n) is 8.77. The van der Waals surface area contributed by atoms with Crippen molar-refractivity contribution >= 4 is 11.5 Å². The number of piperidine rings is 1. The van der Waals surface area contributed by atoms with Crippen LogP contribution in [0, 0.1) is 5.82 Å². The van der Waals surface area contributed by atoms with Gasteiger partial charge in [0.15, 0.2) is 5.82 Å². The Morgan fingerprint density at radius 2 is 2.08 bits per heavy atom. The third-order valence-corrected chi connectivity index (χ3v) is 4.40. The first kappa shape index (κ1) is 18.0. The summed E-state index contributed by atoms with van der Waals surface area (Å²) in [6.45, 7) is 9.47. The van der Waals surface area contributed by atoms with Crippen LogP contribution in [0.3, 0.4) is 0 Å². The molecule has 1 aliphatic heterocycles. The van der Waals surface area contributed by atoms with Gasteiger partial charge in [-0.3, -0.25) is 0 Å². The van der Waals surface area contributed by atoms with E-state index in [-0.39, 0.29) is 0 Å². The molecule has 0 unspecified atom stereocenters. The minimum absolute atomic E-state index is 0.292. The second-order valence-electron chi connectivity index (χ2n) is 6.20. The number of benzene rings is 1. The molecule has 3 rings (SSSR count). The predicted octanol–water partition coefficient (Wildman–Crippen LogP) is 4.20. The SMILES string of the molecule is C=C/C=C(\C=C)c1cccc(-c2nc(NC3CCNCC3)ncc2F)c1. The van der Waals surface area contributed by atoms with Crippen LogP contribution in [0.25, 0.3) is 16.8 Å². The number of nitrogens with one attached hydrogen (secondary N) is 2. The van der Waals surface area contributed by atoms with Gasteiger partial charge in [-0.05, 0) is 43.1 Å². The number of halogens is 1. The maximum Gasteiger partial charge on any atom is 0.223 e. The average molecular weight is 350 g/mol. The number of hydrogen-bond donors (Lipinski definition) is 2. The second-order valence-corrected chi connectivity index (χ2v) is 6.20. The summed E-state index contributed by atoms with van der Waals surface area (Å²) < 4.78 is 14.4. The molecule has 2 aromatic rings. The van der Waals surface area contributed by atoms with Crippen LogP contribution in [-0.4, -0.2) is 29.1 Å². The van der Waals surface area contributed by atoms with Crippen LogP contribution in [-0.2, 0) is 0 Å². The van der Waals surface area contributed by atoms with Gasteiger partial charge in [-0.25, -0.2) is 14.4 Å². The molecule has 26 heavy (non-hydrogen) atoms. The van der Waals surface area contributed by atoms with Crippen molar-refractivity contribution in [1.29, 1.82) is 0 Å². The summed E-state index contributed by atoms with van der Waals surface area (Å²) in [6, 6.07) is 7.89. The molecule has 0 aliphatic carbocycles. The van der Waals surface area contributed by atoms with E-state index in [1.54, 1.807) is 12.2 Å². The molecular formula is C21H23FN4. The minimum atomic E-state index is -0.439. The highest BCUT2D eigenvalue weighted by atomic mass is 19.1. The molecule has 0 bridgehead atoms. The number of rotatable bonds is 6. The van der Waals surface area contributed by atoms with Crippen LogP contribution in [0.2, 0.25) is 0 Å². The highest BCUT2D eigenvalue weighted by Crippen LogP contribution is 2.26. The van der Waals surface area contributed by atoms with Crippen molar-refractivity contribution in [3.8, 4) is 11.3 Å². The lowest BCUT2D eigenvalue weighted by molar-refractivity contribution is 0.477. The molecule has 0 atom stereocenters. The normalized spacial score (nSPS) is 15.5. The monoisotopic (exact) mass is 350 g/mol. The van der Waals surface area contributed by atoms with E-state index in [0.717, 1.165) is 37.1 Å². The molecule has 1 fully saturated rings. The van der Waals surface area contributed by atoms with Crippen molar-refractivity contribution in [2.45, 2.75) is 18.9 Å². The number of anilines is 1. The summed E-state index contributed by atoms with van der Waals surface area (Å²) in [7, 11) is 0. The first-order chi connectivity index (χ1) is 12.7. The fourth-order valence-electron chi connectivity index (χ4n) is 3.04. The molecule has 2 heterocycles. The molecule has 1 saturated heterocycles. The maximum atomic E-state index is 14.4. The molecule has 134 valence electrons. The van der Waals surface area contributed by atoms with Gasteiger partial charge in [0, 0.05) is 11.6 Å². The lowest BCUT2D eigenvalue weighted by atomic mass is 10.0. The van der Waals surface area contributed by atoms with Crippen molar-refractivity contribution in [3.63, 3.8) is 0 Å². The van der Waals surface area contributed by atoms with Crippen LogP contribution in [0.1, 0.15) is 18.4 Å². The van der Waals surface area contributed by atoms with E-state index in [1.807, 2.05) is 30.3 Å². The Kier molecular flexibility index (Phi) is 5.92. The third kappa shape index (κ3) is 4.24. The zero-order valence-corrected chi connectivity index (χ0v) is 14.7. The molecule has 1 aromatic carbocycles. The summed E-state index contributed by atoms with van der Waals surface area (Å²) in [5, 5.41) is 6.64. The highest BCUT2D eigenvalue weighted by molar-refractivity contribution is 5.77. The fourth-order valence-corrected chi connectivity index (χ4v) is 3.04. The Morgan fingerprint density at radius 1 is 1.27 bits per heavy atom. The lowest BCUT2D eigenvalue weighted by Gasteiger charge is -2.23. The van der Waals surface area contributed by atoms with E-state index in [4.69, 9.17) is 0 Å². The number of allylic oxidation sites excluding steroid dienone is 4. The number of nitrogens with zero attached hydrogens (tertiary/aromatic N) is 2. The number of aromatic nitrogens is 2. The van der Waals surface area contributed by atoms with Crippen molar-refractivity contribution in [3.05, 3.63) is 73.2 Å². The van der Waals surface area contributed by atoms with E-state index >= 15 is 0 Å². The van der Waals surface area contributed by atoms with Gasteiger partial charge in [-0.1, -0.05) is 49.6 Å². The summed E-state index contributed by atoms with van der Waals surface area (Å²) in [6.07, 6.45) is 8.55. The molecule has 0 radical (unpaired) electrons. The van der Waals surface area contributed by atoms with Crippen molar-refractivity contribution < 1.29 is 4.39 Å². The van der Waals surface area contributed by atoms with Gasteiger partial charge in [0.25, 0.3) is 0 Å². The first-order valence-corrected chi connectivity index (χ1v) is 8.77. The van der Waals surface area contributed by atoms with E-state index in [2.05, 4.69) is 33.8 Å². The van der Waals surface area contributed by atoms with Gasteiger partial charge in [0.05, 0.1) is 6.20 Å². The highest BCUT2D eigenvalue weighted by Gasteiger charge is 2.16. The Bertz CT molecular complexity index is 823. The standard InChI is InChI=1S/C21H23FN4/c1-3-6-15(4-2)16-7-5-8-17(13-16)20-19(22)14-24-21(26-20)25-18-9-11-23-12-10-18/h3-8,13-14,18,23H,1-2,9-12H2,(H,24,25,26)/b15-6+. The van der Waals surface area contributed by atoms with E-state index < -0.39 is 5.82 Å². The zero-order valence-electron chi connectivity index (χ0n) is 14.7. The second kappa shape index (κ2) is 8.54. The van der Waals surface area contributed by atoms with Crippen LogP contribution in [0.4, 0.5) is 10.3 Å².